The maximum absolute atomic E-state index is 13.9. The predicted octanol–water partition coefficient (Wildman–Crippen LogP) is 0.488. The standard InChI is InChI=1S/C14H19FN4O3/c15-10-7-16-14(17-12(10)18-4-1-2-5-18)19-6-3-11(20)9(8-19)13(21)22/h7,9,11,20H,1-6,8H2,(H,21,22)/t9-,11+/m1/s1. The van der Waals surface area contributed by atoms with E-state index in [9.17, 15) is 14.3 Å². The molecule has 7 nitrogen and oxygen atoms in total. The van der Waals surface area contributed by atoms with Gasteiger partial charge in [-0.2, -0.15) is 4.98 Å². The summed E-state index contributed by atoms with van der Waals surface area (Å²) in [5.74, 6) is -1.78. The van der Waals surface area contributed by atoms with Crippen LogP contribution < -0.4 is 9.80 Å². The van der Waals surface area contributed by atoms with Crippen LogP contribution >= 0.6 is 0 Å². The highest BCUT2D eigenvalue weighted by atomic mass is 19.1. The first-order valence-electron chi connectivity index (χ1n) is 7.49. The van der Waals surface area contributed by atoms with Crippen molar-refractivity contribution in [2.75, 3.05) is 36.0 Å². The Morgan fingerprint density at radius 2 is 2.00 bits per heavy atom. The van der Waals surface area contributed by atoms with E-state index < -0.39 is 23.8 Å². The third kappa shape index (κ3) is 2.83. The van der Waals surface area contributed by atoms with Crippen molar-refractivity contribution in [3.8, 4) is 0 Å². The predicted molar refractivity (Wildman–Crippen MR) is 77.4 cm³/mol. The quantitative estimate of drug-likeness (QED) is 0.839. The van der Waals surface area contributed by atoms with Crippen molar-refractivity contribution in [2.24, 2.45) is 5.92 Å². The Kier molecular flexibility index (Phi) is 4.10. The topological polar surface area (TPSA) is 89.8 Å². The van der Waals surface area contributed by atoms with Crippen LogP contribution in [-0.2, 0) is 4.79 Å². The number of carboxylic acids is 1. The molecule has 0 spiro atoms. The van der Waals surface area contributed by atoms with E-state index in [4.69, 9.17) is 5.11 Å². The van der Waals surface area contributed by atoms with E-state index >= 15 is 0 Å². The van der Waals surface area contributed by atoms with Gasteiger partial charge in [-0.3, -0.25) is 4.79 Å². The molecule has 0 aromatic carbocycles. The van der Waals surface area contributed by atoms with Crippen LogP contribution in [0, 0.1) is 11.7 Å². The molecule has 0 saturated carbocycles. The molecule has 0 radical (unpaired) electrons. The summed E-state index contributed by atoms with van der Waals surface area (Å²) < 4.78 is 13.9. The van der Waals surface area contributed by atoms with E-state index in [1.165, 1.54) is 0 Å². The van der Waals surface area contributed by atoms with Gasteiger partial charge < -0.3 is 20.0 Å². The Labute approximate surface area is 127 Å². The molecule has 2 atom stereocenters. The SMILES string of the molecule is O=C(O)[C@@H]1CN(c2ncc(F)c(N3CCCC3)n2)CC[C@@H]1O. The molecule has 2 aliphatic heterocycles. The highest BCUT2D eigenvalue weighted by Gasteiger charge is 2.34. The summed E-state index contributed by atoms with van der Waals surface area (Å²) in [6, 6.07) is 0. The molecule has 0 amide bonds. The van der Waals surface area contributed by atoms with Crippen molar-refractivity contribution in [3.05, 3.63) is 12.0 Å². The number of carboxylic acid groups (broad SMARTS) is 1. The summed E-state index contributed by atoms with van der Waals surface area (Å²) in [4.78, 5) is 23.0. The monoisotopic (exact) mass is 310 g/mol. The van der Waals surface area contributed by atoms with Gasteiger partial charge in [0.25, 0.3) is 0 Å². The van der Waals surface area contributed by atoms with Crippen LogP contribution in [0.25, 0.3) is 0 Å². The van der Waals surface area contributed by atoms with E-state index in [-0.39, 0.29) is 12.4 Å². The minimum atomic E-state index is -1.04. The highest BCUT2D eigenvalue weighted by molar-refractivity contribution is 5.72. The van der Waals surface area contributed by atoms with E-state index in [1.807, 2.05) is 4.90 Å². The van der Waals surface area contributed by atoms with Crippen LogP contribution in [0.5, 0.6) is 0 Å². The number of piperidine rings is 1. The van der Waals surface area contributed by atoms with Gasteiger partial charge in [-0.05, 0) is 19.3 Å². The zero-order valence-corrected chi connectivity index (χ0v) is 12.2. The lowest BCUT2D eigenvalue weighted by Crippen LogP contribution is -2.47. The lowest BCUT2D eigenvalue weighted by Gasteiger charge is -2.34. The molecule has 120 valence electrons. The lowest BCUT2D eigenvalue weighted by atomic mass is 9.95. The second-order valence-electron chi connectivity index (χ2n) is 5.78. The molecule has 2 saturated heterocycles. The Morgan fingerprint density at radius 1 is 1.27 bits per heavy atom. The number of hydrogen-bond acceptors (Lipinski definition) is 6. The molecule has 0 unspecified atom stereocenters. The van der Waals surface area contributed by atoms with Gasteiger partial charge in [0.1, 0.15) is 5.92 Å². The summed E-state index contributed by atoms with van der Waals surface area (Å²) in [6.07, 6.45) is 2.62. The molecule has 0 aliphatic carbocycles. The molecule has 3 heterocycles. The molecule has 2 aliphatic rings. The van der Waals surface area contributed by atoms with Crippen LogP contribution in [0.4, 0.5) is 16.2 Å². The number of aliphatic carboxylic acids is 1. The molecule has 2 fully saturated rings. The van der Waals surface area contributed by atoms with Crippen LogP contribution in [0.1, 0.15) is 19.3 Å². The normalized spacial score (nSPS) is 25.5. The number of rotatable bonds is 3. The number of carbonyl (C=O) groups is 1. The van der Waals surface area contributed by atoms with Crippen LogP contribution in [0.15, 0.2) is 6.20 Å². The third-order valence-electron chi connectivity index (χ3n) is 4.29. The van der Waals surface area contributed by atoms with Gasteiger partial charge in [-0.25, -0.2) is 9.37 Å². The van der Waals surface area contributed by atoms with Crippen molar-refractivity contribution in [1.29, 1.82) is 0 Å². The number of hydrogen-bond donors (Lipinski definition) is 2. The van der Waals surface area contributed by atoms with Crippen LogP contribution in [0.2, 0.25) is 0 Å². The Morgan fingerprint density at radius 3 is 2.68 bits per heavy atom. The third-order valence-corrected chi connectivity index (χ3v) is 4.29. The summed E-state index contributed by atoms with van der Waals surface area (Å²) in [5, 5.41) is 18.9. The largest absolute Gasteiger partial charge is 0.481 e. The molecule has 1 aromatic heterocycles. The minimum Gasteiger partial charge on any atom is -0.481 e. The number of nitrogens with zero attached hydrogens (tertiary/aromatic N) is 4. The molecule has 22 heavy (non-hydrogen) atoms. The van der Waals surface area contributed by atoms with Gasteiger partial charge in [-0.1, -0.05) is 0 Å². The molecular weight excluding hydrogens is 291 g/mol. The fourth-order valence-corrected chi connectivity index (χ4v) is 3.02. The van der Waals surface area contributed by atoms with Crippen LogP contribution in [-0.4, -0.2) is 58.4 Å². The maximum Gasteiger partial charge on any atom is 0.310 e. The first kappa shape index (κ1) is 15.0. The van der Waals surface area contributed by atoms with Gasteiger partial charge in [0.05, 0.1) is 12.3 Å². The molecule has 0 bridgehead atoms. The van der Waals surface area contributed by atoms with Crippen LogP contribution in [0.3, 0.4) is 0 Å². The molecular formula is C14H19FN4O3. The van der Waals surface area contributed by atoms with E-state index in [0.717, 1.165) is 32.1 Å². The molecule has 8 heteroatoms. The van der Waals surface area contributed by atoms with Crippen molar-refractivity contribution < 1.29 is 19.4 Å². The zero-order chi connectivity index (χ0) is 15.7. The summed E-state index contributed by atoms with van der Waals surface area (Å²) in [5.41, 5.74) is 0. The molecule has 1 aromatic rings. The second kappa shape index (κ2) is 6.04. The van der Waals surface area contributed by atoms with Gasteiger partial charge in [0.2, 0.25) is 5.95 Å². The number of aliphatic hydroxyl groups is 1. The number of anilines is 2. The number of aromatic nitrogens is 2. The Bertz CT molecular complexity index is 565. The van der Waals surface area contributed by atoms with E-state index in [2.05, 4.69) is 9.97 Å². The molecule has 3 rings (SSSR count). The van der Waals surface area contributed by atoms with Crippen molar-refractivity contribution in [1.82, 2.24) is 9.97 Å². The number of halogens is 1. The van der Waals surface area contributed by atoms with Gasteiger partial charge in [0, 0.05) is 26.2 Å². The van der Waals surface area contributed by atoms with Gasteiger partial charge in [0.15, 0.2) is 11.6 Å². The first-order chi connectivity index (χ1) is 10.6. The Balaban J connectivity index is 1.82. The highest BCUT2D eigenvalue weighted by Crippen LogP contribution is 2.26. The average molecular weight is 310 g/mol. The molecule has 2 N–H and O–H groups in total. The van der Waals surface area contributed by atoms with Gasteiger partial charge in [-0.15, -0.1) is 0 Å². The summed E-state index contributed by atoms with van der Waals surface area (Å²) in [7, 11) is 0. The fraction of sp³-hybridized carbons (Fsp3) is 0.643. The van der Waals surface area contributed by atoms with Crippen molar-refractivity contribution in [3.63, 3.8) is 0 Å². The summed E-state index contributed by atoms with van der Waals surface area (Å²) in [6.45, 7) is 2.12. The van der Waals surface area contributed by atoms with E-state index in [1.54, 1.807) is 4.90 Å². The average Bonchev–Trinajstić information content (AvgIpc) is 3.02. The fourth-order valence-electron chi connectivity index (χ4n) is 3.02. The Hall–Kier alpha value is -1.96. The lowest BCUT2D eigenvalue weighted by molar-refractivity contribution is -0.146. The van der Waals surface area contributed by atoms with E-state index in [0.29, 0.717) is 18.9 Å². The summed E-state index contributed by atoms with van der Waals surface area (Å²) >= 11 is 0. The van der Waals surface area contributed by atoms with Crippen molar-refractivity contribution >= 4 is 17.7 Å². The first-order valence-corrected chi connectivity index (χ1v) is 7.49. The smallest absolute Gasteiger partial charge is 0.310 e. The second-order valence-corrected chi connectivity index (χ2v) is 5.78. The maximum atomic E-state index is 13.9. The number of aliphatic hydroxyl groups excluding tert-OH is 1. The van der Waals surface area contributed by atoms with Crippen molar-refractivity contribution in [2.45, 2.75) is 25.4 Å². The minimum absolute atomic E-state index is 0.127. The zero-order valence-electron chi connectivity index (χ0n) is 12.2. The van der Waals surface area contributed by atoms with Gasteiger partial charge >= 0.3 is 5.97 Å².